The van der Waals surface area contributed by atoms with Gasteiger partial charge < -0.3 is 19.7 Å². The molecule has 2 aliphatic rings. The van der Waals surface area contributed by atoms with E-state index in [1.807, 2.05) is 43.3 Å². The van der Waals surface area contributed by atoms with Gasteiger partial charge in [-0.25, -0.2) is 9.97 Å². The molecule has 0 bridgehead atoms. The predicted molar refractivity (Wildman–Crippen MR) is 117 cm³/mol. The number of aromatic nitrogens is 2. The summed E-state index contributed by atoms with van der Waals surface area (Å²) in [5.74, 6) is 2.37. The minimum atomic E-state index is 0.0259. The van der Waals surface area contributed by atoms with Crippen molar-refractivity contribution in [2.75, 3.05) is 23.6 Å². The Labute approximate surface area is 181 Å². The van der Waals surface area contributed by atoms with E-state index in [1.54, 1.807) is 6.33 Å². The highest BCUT2D eigenvalue weighted by Gasteiger charge is 2.24. The molecule has 0 radical (unpaired) electrons. The van der Waals surface area contributed by atoms with Crippen LogP contribution in [0.3, 0.4) is 0 Å². The molecular formula is C24H23N5O2. The van der Waals surface area contributed by atoms with Gasteiger partial charge in [-0.2, -0.15) is 5.26 Å². The average Bonchev–Trinajstić information content (AvgIpc) is 3.27. The second-order valence-electron chi connectivity index (χ2n) is 7.93. The molecule has 1 N–H and O–H groups in total. The Morgan fingerprint density at radius 3 is 2.87 bits per heavy atom. The lowest BCUT2D eigenvalue weighted by Gasteiger charge is -2.32. The lowest BCUT2D eigenvalue weighted by molar-refractivity contribution is 0.174. The van der Waals surface area contributed by atoms with Crippen LogP contribution in [0.2, 0.25) is 0 Å². The normalized spacial score (nSPS) is 15.2. The molecule has 31 heavy (non-hydrogen) atoms. The number of aryl methyl sites for hydroxylation is 1. The van der Waals surface area contributed by atoms with Crippen LogP contribution in [-0.4, -0.2) is 23.3 Å². The molecule has 0 saturated heterocycles. The highest BCUT2D eigenvalue weighted by atomic mass is 16.7. The Hall–Kier alpha value is -3.79. The van der Waals surface area contributed by atoms with Gasteiger partial charge in [0.25, 0.3) is 0 Å². The lowest BCUT2D eigenvalue weighted by atomic mass is 10.0. The smallest absolute Gasteiger partial charge is 0.231 e. The zero-order valence-electron chi connectivity index (χ0n) is 17.6. The van der Waals surface area contributed by atoms with E-state index in [-0.39, 0.29) is 12.8 Å². The maximum absolute atomic E-state index is 9.60. The van der Waals surface area contributed by atoms with Gasteiger partial charge in [-0.3, -0.25) is 0 Å². The monoisotopic (exact) mass is 413 g/mol. The van der Waals surface area contributed by atoms with Crippen molar-refractivity contribution in [1.29, 1.82) is 5.26 Å². The predicted octanol–water partition coefficient (Wildman–Crippen LogP) is 4.12. The molecule has 1 unspecified atom stereocenters. The summed E-state index contributed by atoms with van der Waals surface area (Å²) in [5, 5.41) is 13.2. The standard InChI is InChI=1S/C24H23N5O2/c1-15-3-5-21(18(9-15)11-25)29-8-7-20-19(12-29)24(27-13-26-20)28-16(2)17-4-6-22-23(10-17)31-14-30-22/h3-6,9-10,13,16H,7-8,12,14H2,1-2H3,(H,26,27,28). The van der Waals surface area contributed by atoms with E-state index in [2.05, 4.69) is 33.2 Å². The first kappa shape index (κ1) is 19.2. The fourth-order valence-electron chi connectivity index (χ4n) is 4.16. The Kier molecular flexibility index (Phi) is 4.83. The van der Waals surface area contributed by atoms with E-state index in [4.69, 9.17) is 9.47 Å². The largest absolute Gasteiger partial charge is 0.454 e. The third kappa shape index (κ3) is 3.61. The summed E-state index contributed by atoms with van der Waals surface area (Å²) in [5.41, 5.74) is 5.96. The molecule has 3 heterocycles. The topological polar surface area (TPSA) is 83.3 Å². The number of nitriles is 1. The van der Waals surface area contributed by atoms with Gasteiger partial charge in [0, 0.05) is 25.1 Å². The maximum atomic E-state index is 9.60. The van der Waals surface area contributed by atoms with E-state index >= 15 is 0 Å². The van der Waals surface area contributed by atoms with Crippen LogP contribution in [0.5, 0.6) is 11.5 Å². The third-order valence-electron chi connectivity index (χ3n) is 5.87. The molecule has 2 aromatic carbocycles. The van der Waals surface area contributed by atoms with Crippen molar-refractivity contribution in [3.63, 3.8) is 0 Å². The van der Waals surface area contributed by atoms with Crippen LogP contribution in [0.15, 0.2) is 42.7 Å². The van der Waals surface area contributed by atoms with Crippen molar-refractivity contribution in [3.05, 3.63) is 70.7 Å². The Balaban J connectivity index is 1.41. The number of hydrogen-bond acceptors (Lipinski definition) is 7. The number of fused-ring (bicyclic) bond motifs is 2. The molecule has 0 spiro atoms. The van der Waals surface area contributed by atoms with Crippen molar-refractivity contribution in [3.8, 4) is 17.6 Å². The van der Waals surface area contributed by atoms with E-state index < -0.39 is 0 Å². The van der Waals surface area contributed by atoms with Crippen molar-refractivity contribution in [2.45, 2.75) is 32.9 Å². The quantitative estimate of drug-likeness (QED) is 0.689. The van der Waals surface area contributed by atoms with Crippen molar-refractivity contribution >= 4 is 11.5 Å². The molecule has 1 aromatic heterocycles. The molecule has 2 aliphatic heterocycles. The SMILES string of the molecule is Cc1ccc(N2CCc3ncnc(NC(C)c4ccc5c(c4)OCO5)c3C2)c(C#N)c1. The third-order valence-corrected chi connectivity index (χ3v) is 5.87. The van der Waals surface area contributed by atoms with Gasteiger partial charge in [-0.15, -0.1) is 0 Å². The zero-order valence-corrected chi connectivity index (χ0v) is 17.6. The molecule has 0 saturated carbocycles. The average molecular weight is 413 g/mol. The fraction of sp³-hybridized carbons (Fsp3) is 0.292. The van der Waals surface area contributed by atoms with Crippen LogP contribution in [0.1, 0.15) is 40.9 Å². The molecule has 0 fully saturated rings. The summed E-state index contributed by atoms with van der Waals surface area (Å²) in [7, 11) is 0. The minimum absolute atomic E-state index is 0.0259. The molecule has 0 aliphatic carbocycles. The summed E-state index contributed by atoms with van der Waals surface area (Å²) in [6.45, 7) is 5.84. The number of ether oxygens (including phenoxy) is 2. The second-order valence-corrected chi connectivity index (χ2v) is 7.93. The van der Waals surface area contributed by atoms with Crippen LogP contribution >= 0.6 is 0 Å². The van der Waals surface area contributed by atoms with E-state index in [9.17, 15) is 5.26 Å². The molecule has 7 heteroatoms. The Bertz CT molecular complexity index is 1190. The molecule has 5 rings (SSSR count). The van der Waals surface area contributed by atoms with Crippen LogP contribution in [0.25, 0.3) is 0 Å². The summed E-state index contributed by atoms with van der Waals surface area (Å²) in [6, 6.07) is 14.4. The number of benzene rings is 2. The zero-order chi connectivity index (χ0) is 21.4. The van der Waals surface area contributed by atoms with Crippen LogP contribution in [0, 0.1) is 18.3 Å². The Morgan fingerprint density at radius 1 is 1.13 bits per heavy atom. The highest BCUT2D eigenvalue weighted by Crippen LogP contribution is 2.36. The first-order valence-corrected chi connectivity index (χ1v) is 10.4. The molecule has 0 amide bonds. The Morgan fingerprint density at radius 2 is 2.00 bits per heavy atom. The molecule has 3 aromatic rings. The van der Waals surface area contributed by atoms with Crippen LogP contribution < -0.4 is 19.7 Å². The second kappa shape index (κ2) is 7.80. The number of nitrogens with zero attached hydrogens (tertiary/aromatic N) is 4. The van der Waals surface area contributed by atoms with Crippen molar-refractivity contribution in [1.82, 2.24) is 9.97 Å². The fourth-order valence-corrected chi connectivity index (χ4v) is 4.16. The van der Waals surface area contributed by atoms with Gasteiger partial charge >= 0.3 is 0 Å². The summed E-state index contributed by atoms with van der Waals surface area (Å²) in [4.78, 5) is 11.3. The number of hydrogen-bond donors (Lipinski definition) is 1. The van der Waals surface area contributed by atoms with E-state index in [0.717, 1.165) is 58.4 Å². The van der Waals surface area contributed by atoms with Gasteiger partial charge in [0.05, 0.1) is 23.0 Å². The molecule has 7 nitrogen and oxygen atoms in total. The van der Waals surface area contributed by atoms with Gasteiger partial charge in [0.1, 0.15) is 18.2 Å². The summed E-state index contributed by atoms with van der Waals surface area (Å²) < 4.78 is 10.9. The number of rotatable bonds is 4. The first-order chi connectivity index (χ1) is 15.1. The molecule has 156 valence electrons. The molecule has 1 atom stereocenters. The minimum Gasteiger partial charge on any atom is -0.454 e. The first-order valence-electron chi connectivity index (χ1n) is 10.4. The van der Waals surface area contributed by atoms with Crippen molar-refractivity contribution < 1.29 is 9.47 Å². The summed E-state index contributed by atoms with van der Waals surface area (Å²) in [6.07, 6.45) is 2.43. The van der Waals surface area contributed by atoms with Crippen molar-refractivity contribution in [2.24, 2.45) is 0 Å². The highest BCUT2D eigenvalue weighted by molar-refractivity contribution is 5.63. The number of nitrogens with one attached hydrogen (secondary N) is 1. The van der Waals surface area contributed by atoms with Gasteiger partial charge in [-0.05, 0) is 49.2 Å². The van der Waals surface area contributed by atoms with E-state index in [0.29, 0.717) is 12.1 Å². The van der Waals surface area contributed by atoms with Gasteiger partial charge in [0.2, 0.25) is 6.79 Å². The van der Waals surface area contributed by atoms with Crippen LogP contribution in [-0.2, 0) is 13.0 Å². The summed E-state index contributed by atoms with van der Waals surface area (Å²) >= 11 is 0. The lowest BCUT2D eigenvalue weighted by Crippen LogP contribution is -2.32. The van der Waals surface area contributed by atoms with Gasteiger partial charge in [-0.1, -0.05) is 12.1 Å². The number of anilines is 2. The maximum Gasteiger partial charge on any atom is 0.231 e. The van der Waals surface area contributed by atoms with Gasteiger partial charge in [0.15, 0.2) is 11.5 Å². The molecular weight excluding hydrogens is 390 g/mol. The van der Waals surface area contributed by atoms with E-state index in [1.165, 1.54) is 0 Å². The van der Waals surface area contributed by atoms with Crippen LogP contribution in [0.4, 0.5) is 11.5 Å².